The van der Waals surface area contributed by atoms with Gasteiger partial charge in [-0.3, -0.25) is 4.79 Å². The second-order valence-corrected chi connectivity index (χ2v) is 4.27. The zero-order valence-corrected chi connectivity index (χ0v) is 11.7. The third-order valence-electron chi connectivity index (χ3n) is 2.77. The number of carbonyl (C=O) groups excluding carboxylic acids is 1. The Morgan fingerprint density at radius 1 is 1.24 bits per heavy atom. The van der Waals surface area contributed by atoms with Crippen LogP contribution in [-0.4, -0.2) is 44.4 Å². The molecule has 1 aromatic carbocycles. The molecule has 0 saturated carbocycles. The number of benzene rings is 1. The van der Waals surface area contributed by atoms with Crippen LogP contribution in [0.5, 0.6) is 11.5 Å². The Morgan fingerprint density at radius 3 is 2.29 bits per heavy atom. The minimum Gasteiger partial charge on any atom is -0.493 e. The van der Waals surface area contributed by atoms with E-state index >= 15 is 0 Å². The number of rotatable bonds is 6. The molecule has 0 aliphatic carbocycles. The van der Waals surface area contributed by atoms with E-state index in [0.29, 0.717) is 22.0 Å². The van der Waals surface area contributed by atoms with Crippen LogP contribution in [0.25, 0.3) is 0 Å². The molecule has 0 N–H and O–H groups in total. The fourth-order valence-corrected chi connectivity index (χ4v) is 1.67. The molecule has 0 radical (unpaired) electrons. The maximum absolute atomic E-state index is 13.0. The van der Waals surface area contributed by atoms with Gasteiger partial charge in [0.1, 0.15) is 0 Å². The molecular formula is C13H15F4NO3. The Labute approximate surface area is 119 Å². The van der Waals surface area contributed by atoms with E-state index in [1.54, 1.807) is 0 Å². The van der Waals surface area contributed by atoms with Crippen molar-refractivity contribution in [2.75, 3.05) is 21.3 Å². The average Bonchev–Trinajstić information content (AvgIpc) is 2.45. The summed E-state index contributed by atoms with van der Waals surface area (Å²) < 4.78 is 60.3. The van der Waals surface area contributed by atoms with Crippen molar-refractivity contribution in [1.82, 2.24) is 4.90 Å². The van der Waals surface area contributed by atoms with Crippen molar-refractivity contribution >= 4 is 5.91 Å². The molecule has 0 fully saturated rings. The highest BCUT2D eigenvalue weighted by Crippen LogP contribution is 2.29. The standard InChI is InChI=1S/C13H15F4NO3/c1-18(12(19)13(16,17)11(14)15)7-8-4-5-9(20-2)10(6-8)21-3/h4-6,11H,7H2,1-3H3. The third kappa shape index (κ3) is 3.77. The first-order valence-electron chi connectivity index (χ1n) is 5.86. The van der Waals surface area contributed by atoms with E-state index in [9.17, 15) is 22.4 Å². The highest BCUT2D eigenvalue weighted by molar-refractivity contribution is 5.83. The summed E-state index contributed by atoms with van der Waals surface area (Å²) in [5.41, 5.74) is 0.438. The Kier molecular flexibility index (Phi) is 5.40. The zero-order valence-electron chi connectivity index (χ0n) is 11.7. The van der Waals surface area contributed by atoms with E-state index in [0.717, 1.165) is 7.05 Å². The summed E-state index contributed by atoms with van der Waals surface area (Å²) in [7, 11) is 3.84. The predicted molar refractivity (Wildman–Crippen MR) is 67.0 cm³/mol. The van der Waals surface area contributed by atoms with Gasteiger partial charge >= 0.3 is 12.3 Å². The van der Waals surface area contributed by atoms with Crippen molar-refractivity contribution in [3.63, 3.8) is 0 Å². The normalized spacial score (nSPS) is 11.4. The fraction of sp³-hybridized carbons (Fsp3) is 0.462. The summed E-state index contributed by atoms with van der Waals surface area (Å²) >= 11 is 0. The summed E-state index contributed by atoms with van der Waals surface area (Å²) in [5, 5.41) is 0. The van der Waals surface area contributed by atoms with Gasteiger partial charge in [-0.2, -0.15) is 8.78 Å². The molecule has 0 aliphatic rings. The number of nitrogens with zero attached hydrogens (tertiary/aromatic N) is 1. The van der Waals surface area contributed by atoms with E-state index in [-0.39, 0.29) is 6.54 Å². The average molecular weight is 309 g/mol. The lowest BCUT2D eigenvalue weighted by Crippen LogP contribution is -2.45. The zero-order chi connectivity index (χ0) is 16.2. The first-order valence-corrected chi connectivity index (χ1v) is 5.86. The summed E-state index contributed by atoms with van der Waals surface area (Å²) in [5.74, 6) is -5.87. The van der Waals surface area contributed by atoms with Crippen LogP contribution in [0.3, 0.4) is 0 Å². The highest BCUT2D eigenvalue weighted by Gasteiger charge is 2.50. The molecule has 118 valence electrons. The van der Waals surface area contributed by atoms with Crippen LogP contribution in [0.15, 0.2) is 18.2 Å². The lowest BCUT2D eigenvalue weighted by molar-refractivity contribution is -0.179. The van der Waals surface area contributed by atoms with Gasteiger partial charge in [-0.15, -0.1) is 0 Å². The lowest BCUT2D eigenvalue weighted by Gasteiger charge is -2.23. The quantitative estimate of drug-likeness (QED) is 0.758. The Hall–Kier alpha value is -1.99. The molecule has 0 bridgehead atoms. The first-order chi connectivity index (χ1) is 9.73. The van der Waals surface area contributed by atoms with Gasteiger partial charge in [-0.25, -0.2) is 8.78 Å². The fourth-order valence-electron chi connectivity index (χ4n) is 1.67. The van der Waals surface area contributed by atoms with Gasteiger partial charge in [0.2, 0.25) is 0 Å². The number of ether oxygens (including phenoxy) is 2. The van der Waals surface area contributed by atoms with Crippen LogP contribution in [0.1, 0.15) is 5.56 Å². The molecule has 1 rings (SSSR count). The van der Waals surface area contributed by atoms with Gasteiger partial charge < -0.3 is 14.4 Å². The first kappa shape index (κ1) is 17.1. The number of amides is 1. The topological polar surface area (TPSA) is 38.8 Å². The molecule has 21 heavy (non-hydrogen) atoms. The van der Waals surface area contributed by atoms with Gasteiger partial charge in [0.05, 0.1) is 14.2 Å². The third-order valence-corrected chi connectivity index (χ3v) is 2.77. The molecule has 0 atom stereocenters. The van der Waals surface area contributed by atoms with Crippen molar-refractivity contribution in [3.05, 3.63) is 23.8 Å². The number of halogens is 4. The van der Waals surface area contributed by atoms with E-state index in [1.165, 1.54) is 32.4 Å². The molecule has 0 heterocycles. The van der Waals surface area contributed by atoms with Gasteiger partial charge in [0, 0.05) is 13.6 Å². The molecule has 0 unspecified atom stereocenters. The summed E-state index contributed by atoms with van der Waals surface area (Å²) in [6.07, 6.45) is -4.04. The Morgan fingerprint density at radius 2 is 1.81 bits per heavy atom. The predicted octanol–water partition coefficient (Wildman–Crippen LogP) is 2.56. The van der Waals surface area contributed by atoms with Gasteiger partial charge in [0.15, 0.2) is 11.5 Å². The van der Waals surface area contributed by atoms with Crippen molar-refractivity contribution in [2.45, 2.75) is 18.9 Å². The SMILES string of the molecule is COc1ccc(CN(C)C(=O)C(F)(F)C(F)F)cc1OC. The van der Waals surface area contributed by atoms with Crippen molar-refractivity contribution in [3.8, 4) is 11.5 Å². The van der Waals surface area contributed by atoms with Gasteiger partial charge in [0.25, 0.3) is 5.91 Å². The van der Waals surface area contributed by atoms with E-state index < -0.39 is 18.3 Å². The number of hydrogen-bond donors (Lipinski definition) is 0. The van der Waals surface area contributed by atoms with Crippen LogP contribution in [0.4, 0.5) is 17.6 Å². The van der Waals surface area contributed by atoms with Crippen molar-refractivity contribution in [1.29, 1.82) is 0 Å². The molecule has 0 aromatic heterocycles. The summed E-state index contributed by atoms with van der Waals surface area (Å²) in [4.78, 5) is 11.9. The molecule has 1 aromatic rings. The number of carbonyl (C=O) groups is 1. The molecule has 8 heteroatoms. The van der Waals surface area contributed by atoms with Crippen LogP contribution in [-0.2, 0) is 11.3 Å². The minimum atomic E-state index is -4.70. The molecule has 0 spiro atoms. The summed E-state index contributed by atoms with van der Waals surface area (Å²) in [6.45, 7) is -0.262. The molecule has 1 amide bonds. The van der Waals surface area contributed by atoms with E-state index in [4.69, 9.17) is 9.47 Å². The smallest absolute Gasteiger partial charge is 0.383 e. The monoisotopic (exact) mass is 309 g/mol. The van der Waals surface area contributed by atoms with Crippen molar-refractivity contribution in [2.24, 2.45) is 0 Å². The second-order valence-electron chi connectivity index (χ2n) is 4.27. The summed E-state index contributed by atoms with van der Waals surface area (Å²) in [6, 6.07) is 4.52. The van der Waals surface area contributed by atoms with Gasteiger partial charge in [-0.05, 0) is 17.7 Å². The van der Waals surface area contributed by atoms with Gasteiger partial charge in [-0.1, -0.05) is 6.07 Å². The van der Waals surface area contributed by atoms with Crippen LogP contribution < -0.4 is 9.47 Å². The van der Waals surface area contributed by atoms with Crippen LogP contribution in [0.2, 0.25) is 0 Å². The molecule has 4 nitrogen and oxygen atoms in total. The second kappa shape index (κ2) is 6.64. The molecule has 0 saturated heterocycles. The van der Waals surface area contributed by atoms with Crippen LogP contribution in [0, 0.1) is 0 Å². The van der Waals surface area contributed by atoms with E-state index in [1.807, 2.05) is 0 Å². The largest absolute Gasteiger partial charge is 0.493 e. The van der Waals surface area contributed by atoms with E-state index in [2.05, 4.69) is 0 Å². The molecular weight excluding hydrogens is 294 g/mol. The maximum Gasteiger partial charge on any atom is 0.383 e. The Bertz CT molecular complexity index is 508. The number of hydrogen-bond acceptors (Lipinski definition) is 3. The minimum absolute atomic E-state index is 0.262. The van der Waals surface area contributed by atoms with Crippen molar-refractivity contribution < 1.29 is 31.8 Å². The number of alkyl halides is 4. The maximum atomic E-state index is 13.0. The molecule has 0 aliphatic heterocycles. The number of methoxy groups -OCH3 is 2. The Balaban J connectivity index is 2.88. The lowest BCUT2D eigenvalue weighted by atomic mass is 10.1. The highest BCUT2D eigenvalue weighted by atomic mass is 19.3. The van der Waals surface area contributed by atoms with Crippen LogP contribution >= 0.6 is 0 Å².